The summed E-state index contributed by atoms with van der Waals surface area (Å²) in [5, 5.41) is 14.6. The largest absolute Gasteiger partial charge is 0.462 e. The van der Waals surface area contributed by atoms with Crippen molar-refractivity contribution >= 4 is 34.4 Å². The summed E-state index contributed by atoms with van der Waals surface area (Å²) in [5.74, 6) is 0.00719. The van der Waals surface area contributed by atoms with E-state index in [0.717, 1.165) is 5.69 Å². The fourth-order valence-corrected chi connectivity index (χ4v) is 3.28. The Morgan fingerprint density at radius 1 is 1.10 bits per heavy atom. The van der Waals surface area contributed by atoms with Crippen LogP contribution in [0.4, 0.5) is 11.6 Å². The van der Waals surface area contributed by atoms with E-state index >= 15 is 0 Å². The Hall–Kier alpha value is -4.47. The minimum atomic E-state index is -0.394. The standard InChI is InChI=1S/C21H17N7O3/c1-2-31-19(30)13-8-10-14(11-9-13)23-20-25-26-21-24-17-16(18(29)27(20)21)12-22-28(17)15-6-4-3-5-7-15/h3-12,22H,2H2,1H3,(H,23,25). The van der Waals surface area contributed by atoms with Gasteiger partial charge in [0, 0.05) is 11.9 Å². The molecular formula is C21H17N7O3. The van der Waals surface area contributed by atoms with Crippen LogP contribution in [-0.4, -0.2) is 41.9 Å². The molecule has 0 aliphatic heterocycles. The fraction of sp³-hybridized carbons (Fsp3) is 0.0952. The van der Waals surface area contributed by atoms with Crippen molar-refractivity contribution in [3.63, 3.8) is 0 Å². The van der Waals surface area contributed by atoms with E-state index in [1.54, 1.807) is 42.1 Å². The van der Waals surface area contributed by atoms with E-state index < -0.39 is 5.97 Å². The maximum absolute atomic E-state index is 13.1. The molecule has 0 saturated heterocycles. The zero-order valence-corrected chi connectivity index (χ0v) is 16.4. The number of benzene rings is 2. The summed E-state index contributed by atoms with van der Waals surface area (Å²) >= 11 is 0. The highest BCUT2D eigenvalue weighted by molar-refractivity contribution is 5.89. The Bertz CT molecular complexity index is 1450. The second-order valence-electron chi connectivity index (χ2n) is 6.68. The van der Waals surface area contributed by atoms with Crippen LogP contribution < -0.4 is 10.9 Å². The Morgan fingerprint density at radius 2 is 1.87 bits per heavy atom. The van der Waals surface area contributed by atoms with Gasteiger partial charge >= 0.3 is 5.97 Å². The van der Waals surface area contributed by atoms with E-state index in [0.29, 0.717) is 28.9 Å². The normalized spacial score (nSPS) is 11.1. The number of para-hydroxylation sites is 1. The average Bonchev–Trinajstić information content (AvgIpc) is 3.40. The van der Waals surface area contributed by atoms with Gasteiger partial charge in [0.2, 0.25) is 5.95 Å². The van der Waals surface area contributed by atoms with Gasteiger partial charge in [-0.25, -0.2) is 13.9 Å². The number of nitrogens with one attached hydrogen (secondary N) is 2. The third kappa shape index (κ3) is 3.19. The third-order valence-corrected chi connectivity index (χ3v) is 4.74. The number of rotatable bonds is 5. The van der Waals surface area contributed by atoms with Gasteiger partial charge in [-0.15, -0.1) is 10.2 Å². The number of aromatic nitrogens is 6. The molecule has 0 aliphatic rings. The van der Waals surface area contributed by atoms with Gasteiger partial charge in [-0.2, -0.15) is 4.98 Å². The lowest BCUT2D eigenvalue weighted by atomic mass is 10.2. The zero-order valence-electron chi connectivity index (χ0n) is 16.4. The summed E-state index contributed by atoms with van der Waals surface area (Å²) in [4.78, 5) is 29.4. The number of hydrogen-bond donors (Lipinski definition) is 2. The molecule has 5 rings (SSSR count). The number of carbonyl (C=O) groups is 1. The molecule has 154 valence electrons. The van der Waals surface area contributed by atoms with Gasteiger partial charge in [0.15, 0.2) is 5.65 Å². The summed E-state index contributed by atoms with van der Waals surface area (Å²) in [6.45, 7) is 2.06. The average molecular weight is 415 g/mol. The summed E-state index contributed by atoms with van der Waals surface area (Å²) in [6, 6.07) is 16.2. The molecule has 0 bridgehead atoms. The van der Waals surface area contributed by atoms with Crippen LogP contribution >= 0.6 is 0 Å². The van der Waals surface area contributed by atoms with Crippen molar-refractivity contribution in [2.75, 3.05) is 11.9 Å². The molecule has 0 amide bonds. The van der Waals surface area contributed by atoms with Crippen LogP contribution in [0.25, 0.3) is 22.5 Å². The molecule has 0 aliphatic carbocycles. The summed E-state index contributed by atoms with van der Waals surface area (Å²) < 4.78 is 8.01. The van der Waals surface area contributed by atoms with E-state index in [1.807, 2.05) is 30.3 Å². The van der Waals surface area contributed by atoms with Gasteiger partial charge in [0.05, 0.1) is 17.9 Å². The molecule has 3 heterocycles. The Balaban J connectivity index is 1.53. The van der Waals surface area contributed by atoms with Crippen molar-refractivity contribution in [3.05, 3.63) is 76.7 Å². The minimum absolute atomic E-state index is 0.174. The highest BCUT2D eigenvalue weighted by atomic mass is 16.5. The van der Waals surface area contributed by atoms with Gasteiger partial charge in [0.25, 0.3) is 11.3 Å². The first-order chi connectivity index (χ1) is 15.2. The van der Waals surface area contributed by atoms with Crippen LogP contribution in [0.5, 0.6) is 0 Å². The van der Waals surface area contributed by atoms with Gasteiger partial charge in [-0.05, 0) is 43.3 Å². The number of esters is 1. The number of fused-ring (bicyclic) bond motifs is 2. The molecule has 10 heteroatoms. The zero-order chi connectivity index (χ0) is 21.4. The smallest absolute Gasteiger partial charge is 0.338 e. The molecule has 0 fully saturated rings. The number of aromatic amines is 1. The highest BCUT2D eigenvalue weighted by Gasteiger charge is 2.17. The summed E-state index contributed by atoms with van der Waals surface area (Å²) in [6.07, 6.45) is 1.61. The molecule has 0 radical (unpaired) electrons. The predicted molar refractivity (Wildman–Crippen MR) is 114 cm³/mol. The SMILES string of the molecule is CCOC(=O)c1ccc(Nc2nnc3nc4c(c[nH]n4-c4ccccc4)c(=O)n23)cc1. The fourth-order valence-electron chi connectivity index (χ4n) is 3.28. The topological polar surface area (TPSA) is 119 Å². The van der Waals surface area contributed by atoms with Gasteiger partial charge in [-0.3, -0.25) is 9.89 Å². The maximum atomic E-state index is 13.1. The van der Waals surface area contributed by atoms with Gasteiger partial charge in [0.1, 0.15) is 5.39 Å². The lowest BCUT2D eigenvalue weighted by Gasteiger charge is -2.06. The monoisotopic (exact) mass is 415 g/mol. The van der Waals surface area contributed by atoms with E-state index in [-0.39, 0.29) is 17.3 Å². The van der Waals surface area contributed by atoms with Crippen molar-refractivity contribution < 1.29 is 9.53 Å². The van der Waals surface area contributed by atoms with Crippen molar-refractivity contribution in [3.8, 4) is 5.69 Å². The molecule has 3 aromatic heterocycles. The van der Waals surface area contributed by atoms with Crippen molar-refractivity contribution in [1.82, 2.24) is 29.4 Å². The first-order valence-electron chi connectivity index (χ1n) is 9.60. The van der Waals surface area contributed by atoms with E-state index in [1.165, 1.54) is 4.40 Å². The molecule has 5 aromatic rings. The van der Waals surface area contributed by atoms with E-state index in [9.17, 15) is 9.59 Å². The summed E-state index contributed by atoms with van der Waals surface area (Å²) in [5.41, 5.74) is 2.07. The van der Waals surface area contributed by atoms with Crippen molar-refractivity contribution in [2.24, 2.45) is 0 Å². The lowest BCUT2D eigenvalue weighted by molar-refractivity contribution is 0.0526. The number of anilines is 2. The third-order valence-electron chi connectivity index (χ3n) is 4.74. The highest BCUT2D eigenvalue weighted by Crippen LogP contribution is 2.18. The second kappa shape index (κ2) is 7.41. The van der Waals surface area contributed by atoms with Crippen LogP contribution in [0.1, 0.15) is 17.3 Å². The Labute approximate surface area is 175 Å². The van der Waals surface area contributed by atoms with Gasteiger partial charge < -0.3 is 10.1 Å². The van der Waals surface area contributed by atoms with E-state index in [4.69, 9.17) is 4.74 Å². The molecule has 0 unspecified atom stereocenters. The molecular weight excluding hydrogens is 398 g/mol. The van der Waals surface area contributed by atoms with E-state index in [2.05, 4.69) is 25.6 Å². The molecule has 2 N–H and O–H groups in total. The number of H-pyrrole nitrogens is 1. The molecule has 2 aromatic carbocycles. The van der Waals surface area contributed by atoms with Crippen LogP contribution in [0.2, 0.25) is 0 Å². The number of nitrogens with zero attached hydrogens (tertiary/aromatic N) is 5. The van der Waals surface area contributed by atoms with Crippen molar-refractivity contribution in [2.45, 2.75) is 6.92 Å². The molecule has 0 saturated carbocycles. The lowest BCUT2D eigenvalue weighted by Crippen LogP contribution is -2.16. The maximum Gasteiger partial charge on any atom is 0.338 e. The molecule has 0 spiro atoms. The van der Waals surface area contributed by atoms with Crippen LogP contribution in [0.3, 0.4) is 0 Å². The quantitative estimate of drug-likeness (QED) is 0.424. The van der Waals surface area contributed by atoms with Crippen LogP contribution in [0, 0.1) is 0 Å². The minimum Gasteiger partial charge on any atom is -0.462 e. The molecule has 10 nitrogen and oxygen atoms in total. The second-order valence-corrected chi connectivity index (χ2v) is 6.68. The first kappa shape index (κ1) is 18.6. The molecule has 31 heavy (non-hydrogen) atoms. The van der Waals surface area contributed by atoms with Gasteiger partial charge in [-0.1, -0.05) is 18.2 Å². The first-order valence-corrected chi connectivity index (χ1v) is 9.60. The number of hydrogen-bond acceptors (Lipinski definition) is 7. The summed E-state index contributed by atoms with van der Waals surface area (Å²) in [7, 11) is 0. The molecule has 0 atom stereocenters. The Kier molecular flexibility index (Phi) is 4.43. The number of carbonyl (C=O) groups excluding carboxylic acids is 1. The van der Waals surface area contributed by atoms with Crippen LogP contribution in [-0.2, 0) is 4.74 Å². The predicted octanol–water partition coefficient (Wildman–Crippen LogP) is 2.68. The van der Waals surface area contributed by atoms with Crippen molar-refractivity contribution in [1.29, 1.82) is 0 Å². The number of ether oxygens (including phenoxy) is 1. The Morgan fingerprint density at radius 3 is 2.61 bits per heavy atom. The van der Waals surface area contributed by atoms with Crippen LogP contribution in [0.15, 0.2) is 65.6 Å².